The second-order valence-electron chi connectivity index (χ2n) is 3.52. The Morgan fingerprint density at radius 1 is 1.53 bits per heavy atom. The van der Waals surface area contributed by atoms with E-state index < -0.39 is 10.0 Å². The summed E-state index contributed by atoms with van der Waals surface area (Å²) in [7, 11) is -1.76. The van der Waals surface area contributed by atoms with Crippen LogP contribution in [0.2, 0.25) is 0 Å². The summed E-state index contributed by atoms with van der Waals surface area (Å²) in [6.07, 6.45) is 2.93. The second-order valence-corrected chi connectivity index (χ2v) is 5.52. The van der Waals surface area contributed by atoms with Crippen LogP contribution in [0.3, 0.4) is 0 Å². The lowest BCUT2D eigenvalue weighted by Crippen LogP contribution is -2.57. The number of aromatic nitrogens is 1. The molecule has 82 valence electrons. The molecule has 0 unspecified atom stereocenters. The number of hydrogen-bond donors (Lipinski definition) is 1. The van der Waals surface area contributed by atoms with Crippen molar-refractivity contribution in [3.05, 3.63) is 24.5 Å². The summed E-state index contributed by atoms with van der Waals surface area (Å²) >= 11 is 0. The largest absolute Gasteiger partial charge is 0.313 e. The van der Waals surface area contributed by atoms with E-state index in [4.69, 9.17) is 0 Å². The maximum Gasteiger partial charge on any atom is 0.244 e. The van der Waals surface area contributed by atoms with Crippen molar-refractivity contribution in [2.24, 2.45) is 0 Å². The Morgan fingerprint density at radius 3 is 2.73 bits per heavy atom. The van der Waals surface area contributed by atoms with Crippen LogP contribution in [0.25, 0.3) is 0 Å². The molecule has 0 bridgehead atoms. The summed E-state index contributed by atoms with van der Waals surface area (Å²) in [6, 6.07) is 3.25. The van der Waals surface area contributed by atoms with Crippen LogP contribution in [0.4, 0.5) is 0 Å². The summed E-state index contributed by atoms with van der Waals surface area (Å²) in [4.78, 5) is 4.06. The molecular formula is C9H13N3O2S. The van der Waals surface area contributed by atoms with Crippen molar-refractivity contribution in [2.75, 3.05) is 20.1 Å². The van der Waals surface area contributed by atoms with E-state index in [9.17, 15) is 8.42 Å². The number of nitrogens with one attached hydrogen (secondary N) is 1. The third kappa shape index (κ3) is 1.88. The second kappa shape index (κ2) is 3.88. The number of rotatable bonds is 3. The van der Waals surface area contributed by atoms with Gasteiger partial charge < -0.3 is 5.32 Å². The number of sulfonamides is 1. The minimum absolute atomic E-state index is 0.0650. The standard InChI is InChI=1S/C9H13N3O2S/c1-12(8-5-11-6-8)15(13,14)9-3-2-4-10-7-9/h2-4,7-8,11H,5-6H2,1H3. The van der Waals surface area contributed by atoms with Gasteiger partial charge in [0.25, 0.3) is 0 Å². The molecule has 0 spiro atoms. The predicted octanol–water partition coefficient (Wildman–Crippen LogP) is -0.326. The first-order valence-electron chi connectivity index (χ1n) is 4.71. The molecule has 0 radical (unpaired) electrons. The topological polar surface area (TPSA) is 62.3 Å². The quantitative estimate of drug-likeness (QED) is 0.768. The van der Waals surface area contributed by atoms with Gasteiger partial charge in [-0.2, -0.15) is 4.31 Å². The van der Waals surface area contributed by atoms with Crippen LogP contribution in [0.5, 0.6) is 0 Å². The molecule has 1 aromatic rings. The van der Waals surface area contributed by atoms with Crippen molar-refractivity contribution >= 4 is 10.0 Å². The van der Waals surface area contributed by atoms with Gasteiger partial charge in [-0.1, -0.05) is 0 Å². The van der Waals surface area contributed by atoms with Gasteiger partial charge in [-0.3, -0.25) is 4.98 Å². The van der Waals surface area contributed by atoms with Gasteiger partial charge in [-0.05, 0) is 12.1 Å². The molecule has 5 nitrogen and oxygen atoms in total. The van der Waals surface area contributed by atoms with Gasteiger partial charge in [0, 0.05) is 38.6 Å². The first-order chi connectivity index (χ1) is 7.12. The molecule has 0 aromatic carbocycles. The average Bonchev–Trinajstić information content (AvgIpc) is 2.16. The van der Waals surface area contributed by atoms with E-state index in [1.54, 1.807) is 25.4 Å². The number of hydrogen-bond acceptors (Lipinski definition) is 4. The molecular weight excluding hydrogens is 214 g/mol. The molecule has 1 N–H and O–H groups in total. The molecule has 0 amide bonds. The minimum Gasteiger partial charge on any atom is -0.313 e. The van der Waals surface area contributed by atoms with E-state index in [0.717, 1.165) is 13.1 Å². The van der Waals surface area contributed by atoms with Gasteiger partial charge >= 0.3 is 0 Å². The Balaban J connectivity index is 2.26. The lowest BCUT2D eigenvalue weighted by atomic mass is 10.2. The molecule has 1 saturated heterocycles. The van der Waals surface area contributed by atoms with Gasteiger partial charge in [0.2, 0.25) is 10.0 Å². The van der Waals surface area contributed by atoms with Crippen LogP contribution < -0.4 is 5.32 Å². The highest BCUT2D eigenvalue weighted by atomic mass is 32.2. The molecule has 0 aliphatic carbocycles. The number of likely N-dealkylation sites (N-methyl/N-ethyl adjacent to an activating group) is 1. The zero-order valence-corrected chi connectivity index (χ0v) is 9.24. The lowest BCUT2D eigenvalue weighted by Gasteiger charge is -2.34. The van der Waals surface area contributed by atoms with E-state index in [-0.39, 0.29) is 10.9 Å². The van der Waals surface area contributed by atoms with E-state index in [1.807, 2.05) is 0 Å². The van der Waals surface area contributed by atoms with E-state index in [2.05, 4.69) is 10.3 Å². The fourth-order valence-corrected chi connectivity index (χ4v) is 2.71. The summed E-state index contributed by atoms with van der Waals surface area (Å²) in [5, 5.41) is 3.04. The minimum atomic E-state index is -3.37. The zero-order valence-electron chi connectivity index (χ0n) is 8.42. The molecule has 6 heteroatoms. The Bertz CT molecular complexity index is 428. The molecule has 1 aliphatic heterocycles. The average molecular weight is 227 g/mol. The normalized spacial score (nSPS) is 17.7. The van der Waals surface area contributed by atoms with Gasteiger partial charge in [-0.15, -0.1) is 0 Å². The Morgan fingerprint density at radius 2 is 2.27 bits per heavy atom. The van der Waals surface area contributed by atoms with Gasteiger partial charge in [0.05, 0.1) is 0 Å². The van der Waals surface area contributed by atoms with Crippen LogP contribution >= 0.6 is 0 Å². The maximum atomic E-state index is 12.0. The molecule has 2 heterocycles. The third-order valence-corrected chi connectivity index (χ3v) is 4.48. The lowest BCUT2D eigenvalue weighted by molar-refractivity contribution is 0.274. The Labute approximate surface area is 89.2 Å². The Kier molecular flexibility index (Phi) is 2.72. The molecule has 1 aromatic heterocycles. The van der Waals surface area contributed by atoms with Crippen molar-refractivity contribution < 1.29 is 8.42 Å². The summed E-state index contributed by atoms with van der Waals surface area (Å²) in [5.41, 5.74) is 0. The van der Waals surface area contributed by atoms with Crippen LogP contribution in [0.15, 0.2) is 29.4 Å². The highest BCUT2D eigenvalue weighted by Gasteiger charge is 2.31. The first-order valence-corrected chi connectivity index (χ1v) is 6.15. The summed E-state index contributed by atoms with van der Waals surface area (Å²) < 4.78 is 25.5. The molecule has 1 aliphatic rings. The van der Waals surface area contributed by atoms with Crippen molar-refractivity contribution in [1.82, 2.24) is 14.6 Å². The Hall–Kier alpha value is -0.980. The summed E-state index contributed by atoms with van der Waals surface area (Å²) in [5.74, 6) is 0. The maximum absolute atomic E-state index is 12.0. The van der Waals surface area contributed by atoms with Gasteiger partial charge in [0.15, 0.2) is 0 Å². The van der Waals surface area contributed by atoms with Crippen LogP contribution in [-0.4, -0.2) is 43.9 Å². The van der Waals surface area contributed by atoms with Crippen molar-refractivity contribution in [3.63, 3.8) is 0 Å². The predicted molar refractivity (Wildman–Crippen MR) is 55.8 cm³/mol. The molecule has 2 rings (SSSR count). The SMILES string of the molecule is CN(C1CNC1)S(=O)(=O)c1cccnc1. The molecule has 1 fully saturated rings. The highest BCUT2D eigenvalue weighted by molar-refractivity contribution is 7.89. The van der Waals surface area contributed by atoms with Crippen LogP contribution in [-0.2, 0) is 10.0 Å². The molecule has 0 saturated carbocycles. The highest BCUT2D eigenvalue weighted by Crippen LogP contribution is 2.16. The van der Waals surface area contributed by atoms with Gasteiger partial charge in [0.1, 0.15) is 4.90 Å². The molecule has 15 heavy (non-hydrogen) atoms. The smallest absolute Gasteiger partial charge is 0.244 e. The van der Waals surface area contributed by atoms with Crippen LogP contribution in [0.1, 0.15) is 0 Å². The monoisotopic (exact) mass is 227 g/mol. The van der Waals surface area contributed by atoms with E-state index in [0.29, 0.717) is 0 Å². The van der Waals surface area contributed by atoms with Crippen molar-refractivity contribution in [3.8, 4) is 0 Å². The van der Waals surface area contributed by atoms with Crippen molar-refractivity contribution in [2.45, 2.75) is 10.9 Å². The number of nitrogens with zero attached hydrogens (tertiary/aromatic N) is 2. The van der Waals surface area contributed by atoms with Crippen molar-refractivity contribution in [1.29, 1.82) is 0 Å². The van der Waals surface area contributed by atoms with E-state index >= 15 is 0 Å². The van der Waals surface area contributed by atoms with Gasteiger partial charge in [-0.25, -0.2) is 8.42 Å². The third-order valence-electron chi connectivity index (χ3n) is 2.59. The fourth-order valence-electron chi connectivity index (χ4n) is 1.39. The zero-order chi connectivity index (χ0) is 10.9. The fraction of sp³-hybridized carbons (Fsp3) is 0.444. The van der Waals surface area contributed by atoms with Crippen LogP contribution in [0, 0.1) is 0 Å². The van der Waals surface area contributed by atoms with E-state index in [1.165, 1.54) is 10.5 Å². The molecule has 0 atom stereocenters. The number of pyridine rings is 1. The summed E-state index contributed by atoms with van der Waals surface area (Å²) in [6.45, 7) is 1.44. The first kappa shape index (κ1) is 10.5.